The number of methoxy groups -OCH3 is 1. The maximum Gasteiger partial charge on any atom is 0.409 e. The van der Waals surface area contributed by atoms with Gasteiger partial charge in [0.05, 0.1) is 18.4 Å². The van der Waals surface area contributed by atoms with Crippen molar-refractivity contribution in [1.29, 1.82) is 5.26 Å². The summed E-state index contributed by atoms with van der Waals surface area (Å²) in [6.07, 6.45) is 0.828. The Bertz CT molecular complexity index is 572. The standard InChI is InChI=1S/C15H17N3O3/c1-21-15(20)18-8-6-11(7-9-18)14(19)17-13-5-3-2-4-12(13)10-16/h2-5,11H,6-9H2,1H3,(H,17,19). The second-order valence-electron chi connectivity index (χ2n) is 4.88. The van der Waals surface area contributed by atoms with Crippen LogP contribution < -0.4 is 5.32 Å². The van der Waals surface area contributed by atoms with Gasteiger partial charge in [0.2, 0.25) is 5.91 Å². The van der Waals surface area contributed by atoms with Crippen LogP contribution in [0.1, 0.15) is 18.4 Å². The number of anilines is 1. The molecule has 1 aromatic rings. The molecule has 2 amide bonds. The van der Waals surface area contributed by atoms with Crippen molar-refractivity contribution in [3.05, 3.63) is 29.8 Å². The molecule has 0 saturated carbocycles. The number of nitriles is 1. The molecule has 1 aliphatic heterocycles. The summed E-state index contributed by atoms with van der Waals surface area (Å²) in [6.45, 7) is 1.01. The third kappa shape index (κ3) is 3.51. The predicted molar refractivity (Wildman–Crippen MR) is 76.5 cm³/mol. The fraction of sp³-hybridized carbons (Fsp3) is 0.400. The molecule has 6 nitrogen and oxygen atoms in total. The van der Waals surface area contributed by atoms with Crippen LogP contribution in [-0.4, -0.2) is 37.1 Å². The zero-order valence-corrected chi connectivity index (χ0v) is 11.8. The van der Waals surface area contributed by atoms with Gasteiger partial charge in [-0.2, -0.15) is 5.26 Å². The van der Waals surface area contributed by atoms with Crippen molar-refractivity contribution in [3.8, 4) is 6.07 Å². The van der Waals surface area contributed by atoms with Crippen molar-refractivity contribution in [2.75, 3.05) is 25.5 Å². The third-order valence-corrected chi connectivity index (χ3v) is 3.60. The largest absolute Gasteiger partial charge is 0.453 e. The van der Waals surface area contributed by atoms with E-state index in [1.165, 1.54) is 7.11 Å². The van der Waals surface area contributed by atoms with Crippen LogP contribution >= 0.6 is 0 Å². The van der Waals surface area contributed by atoms with Crippen LogP contribution in [0.3, 0.4) is 0 Å². The Labute approximate surface area is 123 Å². The lowest BCUT2D eigenvalue weighted by Gasteiger charge is -2.30. The van der Waals surface area contributed by atoms with E-state index in [9.17, 15) is 9.59 Å². The van der Waals surface area contributed by atoms with Crippen molar-refractivity contribution in [2.24, 2.45) is 5.92 Å². The molecule has 0 spiro atoms. The minimum atomic E-state index is -0.358. The van der Waals surface area contributed by atoms with Crippen molar-refractivity contribution in [3.63, 3.8) is 0 Å². The molecule has 1 aliphatic rings. The number of amides is 2. The smallest absolute Gasteiger partial charge is 0.409 e. The van der Waals surface area contributed by atoms with Gasteiger partial charge in [-0.25, -0.2) is 4.79 Å². The molecule has 1 heterocycles. The van der Waals surface area contributed by atoms with E-state index >= 15 is 0 Å². The number of likely N-dealkylation sites (tertiary alicyclic amines) is 1. The Morgan fingerprint density at radius 1 is 1.33 bits per heavy atom. The van der Waals surface area contributed by atoms with E-state index in [1.807, 2.05) is 6.07 Å². The van der Waals surface area contributed by atoms with E-state index < -0.39 is 0 Å². The summed E-state index contributed by atoms with van der Waals surface area (Å²) in [5.41, 5.74) is 0.971. The van der Waals surface area contributed by atoms with Gasteiger partial charge in [-0.15, -0.1) is 0 Å². The average Bonchev–Trinajstić information content (AvgIpc) is 2.54. The molecular formula is C15H17N3O3. The number of carbonyl (C=O) groups is 2. The Hall–Kier alpha value is -2.55. The van der Waals surface area contributed by atoms with E-state index in [0.29, 0.717) is 37.2 Å². The number of benzene rings is 1. The van der Waals surface area contributed by atoms with Gasteiger partial charge in [0.15, 0.2) is 0 Å². The maximum atomic E-state index is 12.2. The van der Waals surface area contributed by atoms with E-state index in [1.54, 1.807) is 29.2 Å². The van der Waals surface area contributed by atoms with Crippen molar-refractivity contribution in [2.45, 2.75) is 12.8 Å². The number of piperidine rings is 1. The average molecular weight is 287 g/mol. The zero-order chi connectivity index (χ0) is 15.2. The van der Waals surface area contributed by atoms with Crippen molar-refractivity contribution < 1.29 is 14.3 Å². The Balaban J connectivity index is 1.94. The van der Waals surface area contributed by atoms with Crippen LogP contribution in [0.2, 0.25) is 0 Å². The first-order valence-electron chi connectivity index (χ1n) is 6.78. The van der Waals surface area contributed by atoms with Crippen LogP contribution in [0.15, 0.2) is 24.3 Å². The van der Waals surface area contributed by atoms with E-state index in [0.717, 1.165) is 0 Å². The lowest BCUT2D eigenvalue weighted by molar-refractivity contribution is -0.121. The number of nitrogens with zero attached hydrogens (tertiary/aromatic N) is 2. The van der Waals surface area contributed by atoms with Gasteiger partial charge in [0.25, 0.3) is 0 Å². The van der Waals surface area contributed by atoms with Gasteiger partial charge in [0, 0.05) is 19.0 Å². The monoisotopic (exact) mass is 287 g/mol. The molecule has 1 saturated heterocycles. The number of nitrogens with one attached hydrogen (secondary N) is 1. The summed E-state index contributed by atoms with van der Waals surface area (Å²) in [4.78, 5) is 25.2. The number of hydrogen-bond acceptors (Lipinski definition) is 4. The van der Waals surface area contributed by atoms with Crippen LogP contribution in [0.5, 0.6) is 0 Å². The molecule has 2 rings (SSSR count). The first-order valence-corrected chi connectivity index (χ1v) is 6.78. The fourth-order valence-corrected chi connectivity index (χ4v) is 2.38. The molecule has 0 unspecified atom stereocenters. The highest BCUT2D eigenvalue weighted by atomic mass is 16.5. The summed E-state index contributed by atoms with van der Waals surface area (Å²) in [7, 11) is 1.35. The molecule has 21 heavy (non-hydrogen) atoms. The van der Waals surface area contributed by atoms with Gasteiger partial charge in [-0.3, -0.25) is 4.79 Å². The summed E-state index contributed by atoms with van der Waals surface area (Å²) in [6, 6.07) is 8.95. The Morgan fingerprint density at radius 3 is 2.62 bits per heavy atom. The molecule has 0 aliphatic carbocycles. The van der Waals surface area contributed by atoms with Gasteiger partial charge < -0.3 is 15.0 Å². The topological polar surface area (TPSA) is 82.4 Å². The number of para-hydroxylation sites is 1. The highest BCUT2D eigenvalue weighted by molar-refractivity contribution is 5.93. The normalized spacial score (nSPS) is 15.1. The minimum absolute atomic E-state index is 0.109. The minimum Gasteiger partial charge on any atom is -0.453 e. The molecule has 6 heteroatoms. The molecule has 110 valence electrons. The number of hydrogen-bond donors (Lipinski definition) is 1. The second-order valence-corrected chi connectivity index (χ2v) is 4.88. The molecule has 0 radical (unpaired) electrons. The van der Waals surface area contributed by atoms with E-state index in [4.69, 9.17) is 5.26 Å². The maximum absolute atomic E-state index is 12.2. The van der Waals surface area contributed by atoms with Gasteiger partial charge in [-0.05, 0) is 25.0 Å². The van der Waals surface area contributed by atoms with Crippen LogP contribution in [0, 0.1) is 17.2 Å². The molecule has 0 bridgehead atoms. The first kappa shape index (κ1) is 14.9. The summed E-state index contributed by atoms with van der Waals surface area (Å²) in [5.74, 6) is -0.264. The predicted octanol–water partition coefficient (Wildman–Crippen LogP) is 1.98. The molecule has 1 aromatic carbocycles. The van der Waals surface area contributed by atoms with Gasteiger partial charge in [-0.1, -0.05) is 12.1 Å². The number of carbonyl (C=O) groups excluding carboxylic acids is 2. The fourth-order valence-electron chi connectivity index (χ4n) is 2.38. The van der Waals surface area contributed by atoms with Crippen molar-refractivity contribution in [1.82, 2.24) is 4.90 Å². The molecule has 0 aromatic heterocycles. The summed E-state index contributed by atoms with van der Waals surface area (Å²) < 4.78 is 4.66. The molecule has 1 fully saturated rings. The Morgan fingerprint density at radius 2 is 2.00 bits per heavy atom. The van der Waals surface area contributed by atoms with Crippen LogP contribution in [-0.2, 0) is 9.53 Å². The van der Waals surface area contributed by atoms with Crippen molar-refractivity contribution >= 4 is 17.7 Å². The molecular weight excluding hydrogens is 270 g/mol. The Kier molecular flexibility index (Phi) is 4.77. The molecule has 1 N–H and O–H groups in total. The lowest BCUT2D eigenvalue weighted by Crippen LogP contribution is -2.41. The summed E-state index contributed by atoms with van der Waals surface area (Å²) >= 11 is 0. The highest BCUT2D eigenvalue weighted by Gasteiger charge is 2.27. The quantitative estimate of drug-likeness (QED) is 0.901. The van der Waals surface area contributed by atoms with Crippen LogP contribution in [0.25, 0.3) is 0 Å². The second kappa shape index (κ2) is 6.75. The first-order chi connectivity index (χ1) is 10.2. The SMILES string of the molecule is COC(=O)N1CCC(C(=O)Nc2ccccc2C#N)CC1. The van der Waals surface area contributed by atoms with Gasteiger partial charge >= 0.3 is 6.09 Å². The summed E-state index contributed by atoms with van der Waals surface area (Å²) in [5, 5.41) is 11.8. The molecule has 0 atom stereocenters. The van der Waals surface area contributed by atoms with E-state index in [-0.39, 0.29) is 17.9 Å². The number of rotatable bonds is 2. The highest BCUT2D eigenvalue weighted by Crippen LogP contribution is 2.21. The van der Waals surface area contributed by atoms with Crippen LogP contribution in [0.4, 0.5) is 10.5 Å². The van der Waals surface area contributed by atoms with Gasteiger partial charge in [0.1, 0.15) is 6.07 Å². The number of ether oxygens (including phenoxy) is 1. The lowest BCUT2D eigenvalue weighted by atomic mass is 9.96. The van der Waals surface area contributed by atoms with E-state index in [2.05, 4.69) is 10.1 Å². The third-order valence-electron chi connectivity index (χ3n) is 3.60. The zero-order valence-electron chi connectivity index (χ0n) is 11.8.